The molecule has 9 nitrogen and oxygen atoms in total. The molecule has 2 N–H and O–H groups in total. The minimum atomic E-state index is -0.196. The van der Waals surface area contributed by atoms with Crippen LogP contribution in [-0.4, -0.2) is 58.9 Å². The minimum absolute atomic E-state index is 0.0435. The lowest BCUT2D eigenvalue weighted by Gasteiger charge is -2.13. The van der Waals surface area contributed by atoms with Crippen LogP contribution in [0.5, 0.6) is 11.5 Å². The van der Waals surface area contributed by atoms with E-state index in [0.29, 0.717) is 49.9 Å². The molecule has 1 amide bonds. The third-order valence-corrected chi connectivity index (χ3v) is 6.52. The van der Waals surface area contributed by atoms with Crippen LogP contribution in [0.1, 0.15) is 35.1 Å². The molecule has 1 aromatic carbocycles. The highest BCUT2D eigenvalue weighted by molar-refractivity contribution is 9.10. The summed E-state index contributed by atoms with van der Waals surface area (Å²) >= 11 is 11.1. The number of benzene rings is 1. The quantitative estimate of drug-likeness (QED) is 0.371. The number of carbonyl (C=O) groups excluding carboxylic acids is 1. The number of nitrogens with zero attached hydrogens (tertiary/aromatic N) is 4. The van der Waals surface area contributed by atoms with Gasteiger partial charge in [0.15, 0.2) is 5.82 Å². The average molecular weight is 568 g/mol. The lowest BCUT2D eigenvalue weighted by Crippen LogP contribution is -2.31. The van der Waals surface area contributed by atoms with Crippen LogP contribution in [0, 0.1) is 0 Å². The molecule has 3 aromatic rings. The Hall–Kier alpha value is -2.31. The largest absolute Gasteiger partial charge is 0.454 e. The maximum absolute atomic E-state index is 12.5. The first-order chi connectivity index (χ1) is 16.4. The Labute approximate surface area is 215 Å². The predicted octanol–water partition coefficient (Wildman–Crippen LogP) is 5.03. The van der Waals surface area contributed by atoms with E-state index in [9.17, 15) is 4.79 Å². The molecule has 0 spiro atoms. The highest BCUT2D eigenvalue weighted by atomic mass is 79.9. The minimum Gasteiger partial charge on any atom is -0.454 e. The smallest absolute Gasteiger partial charge is 0.251 e. The molecule has 1 fully saturated rings. The Morgan fingerprint density at radius 2 is 2.21 bits per heavy atom. The van der Waals surface area contributed by atoms with Gasteiger partial charge in [-0.3, -0.25) is 4.79 Å². The fourth-order valence-corrected chi connectivity index (χ4v) is 4.29. The van der Waals surface area contributed by atoms with Crippen LogP contribution in [0.25, 0.3) is 0 Å². The van der Waals surface area contributed by atoms with Crippen LogP contribution in [0.3, 0.4) is 0 Å². The van der Waals surface area contributed by atoms with Gasteiger partial charge >= 0.3 is 0 Å². The van der Waals surface area contributed by atoms with Crippen LogP contribution in [0.2, 0.25) is 5.02 Å². The van der Waals surface area contributed by atoms with Crippen molar-refractivity contribution in [2.45, 2.75) is 18.9 Å². The number of halogens is 2. The van der Waals surface area contributed by atoms with Gasteiger partial charge in [-0.15, -0.1) is 0 Å². The van der Waals surface area contributed by atoms with Crippen LogP contribution >= 0.6 is 39.1 Å². The normalized spacial score (nSPS) is 15.5. The van der Waals surface area contributed by atoms with E-state index in [-0.39, 0.29) is 12.0 Å². The molecule has 2 aromatic heterocycles. The maximum Gasteiger partial charge on any atom is 0.251 e. The Morgan fingerprint density at radius 3 is 2.97 bits per heavy atom. The summed E-state index contributed by atoms with van der Waals surface area (Å²) in [6.07, 6.45) is 3.52. The van der Waals surface area contributed by atoms with E-state index in [4.69, 9.17) is 21.1 Å². The molecular formula is C22H24BrClN6O3S. The first kappa shape index (κ1) is 24.8. The van der Waals surface area contributed by atoms with E-state index in [1.807, 2.05) is 19.0 Å². The second kappa shape index (κ2) is 11.4. The molecule has 12 heteroatoms. The van der Waals surface area contributed by atoms with Gasteiger partial charge in [-0.2, -0.15) is 4.37 Å². The first-order valence-corrected chi connectivity index (χ1v) is 12.6. The number of hydrogen-bond acceptors (Lipinski definition) is 9. The zero-order valence-corrected chi connectivity index (χ0v) is 21.8. The Kier molecular flexibility index (Phi) is 8.32. The van der Waals surface area contributed by atoms with Gasteiger partial charge in [0.05, 0.1) is 9.50 Å². The molecule has 0 saturated carbocycles. The number of anilines is 2. The molecule has 3 heterocycles. The number of likely N-dealkylation sites (N-methyl/N-ethyl adjacent to an activating group) is 1. The van der Waals surface area contributed by atoms with Crippen molar-refractivity contribution in [3.05, 3.63) is 51.3 Å². The summed E-state index contributed by atoms with van der Waals surface area (Å²) in [5, 5.41) is 7.03. The van der Waals surface area contributed by atoms with Crippen molar-refractivity contribution in [3.8, 4) is 11.5 Å². The highest BCUT2D eigenvalue weighted by Gasteiger charge is 2.22. The van der Waals surface area contributed by atoms with Gasteiger partial charge in [0, 0.05) is 49.1 Å². The summed E-state index contributed by atoms with van der Waals surface area (Å²) < 4.78 is 16.7. The Balaban J connectivity index is 1.46. The standard InChI is InChI=1S/C22H24BrClN6O3S/c1-30(2)8-7-25-21(31)13-5-6-15(24)18(10-13)33-17-11-19(26-12-14(17)23)27-22-28-20(29-34-22)16-4-3-9-32-16/h5-6,10-12,16H,3-4,7-9H2,1-2H3,(H,25,31)(H,26,27,28,29). The number of hydrogen-bond donors (Lipinski definition) is 2. The van der Waals surface area contributed by atoms with E-state index in [2.05, 4.69) is 40.9 Å². The van der Waals surface area contributed by atoms with Crippen LogP contribution in [0.4, 0.5) is 10.9 Å². The van der Waals surface area contributed by atoms with E-state index in [1.54, 1.807) is 30.5 Å². The number of nitrogens with one attached hydrogen (secondary N) is 2. The van der Waals surface area contributed by atoms with Gasteiger partial charge in [-0.1, -0.05) is 11.6 Å². The first-order valence-electron chi connectivity index (χ1n) is 10.7. The zero-order valence-electron chi connectivity index (χ0n) is 18.7. The summed E-state index contributed by atoms with van der Waals surface area (Å²) in [6, 6.07) is 6.64. The van der Waals surface area contributed by atoms with Gasteiger partial charge in [0.1, 0.15) is 23.4 Å². The lowest BCUT2D eigenvalue weighted by molar-refractivity contribution is 0.0950. The molecule has 1 unspecified atom stereocenters. The van der Waals surface area contributed by atoms with E-state index in [0.717, 1.165) is 26.0 Å². The van der Waals surface area contributed by atoms with Crippen molar-refractivity contribution < 1.29 is 14.3 Å². The summed E-state index contributed by atoms with van der Waals surface area (Å²) in [6.45, 7) is 2.02. The molecule has 1 atom stereocenters. The number of rotatable bonds is 9. The van der Waals surface area contributed by atoms with Gasteiger partial charge in [-0.05, 0) is 61.1 Å². The summed E-state index contributed by atoms with van der Waals surface area (Å²) in [5.74, 6) is 1.86. The monoisotopic (exact) mass is 566 g/mol. The van der Waals surface area contributed by atoms with Gasteiger partial charge in [0.2, 0.25) is 5.13 Å². The molecule has 0 radical (unpaired) electrons. The van der Waals surface area contributed by atoms with Crippen LogP contribution in [-0.2, 0) is 4.74 Å². The molecule has 1 aliphatic heterocycles. The molecule has 4 rings (SSSR count). The molecule has 34 heavy (non-hydrogen) atoms. The number of pyridine rings is 1. The highest BCUT2D eigenvalue weighted by Crippen LogP contribution is 2.36. The summed E-state index contributed by atoms with van der Waals surface area (Å²) in [5.41, 5.74) is 0.456. The summed E-state index contributed by atoms with van der Waals surface area (Å²) in [4.78, 5) is 23.4. The molecule has 180 valence electrons. The lowest BCUT2D eigenvalue weighted by atomic mass is 10.2. The second-order valence-electron chi connectivity index (χ2n) is 7.89. The number of carbonyl (C=O) groups is 1. The van der Waals surface area contributed by atoms with Crippen molar-refractivity contribution in [1.82, 2.24) is 24.6 Å². The average Bonchev–Trinajstić information content (AvgIpc) is 3.49. The van der Waals surface area contributed by atoms with Crippen molar-refractivity contribution in [2.24, 2.45) is 0 Å². The molecule has 1 aliphatic rings. The van der Waals surface area contributed by atoms with E-state index < -0.39 is 0 Å². The third-order valence-electron chi connectivity index (χ3n) is 4.97. The van der Waals surface area contributed by atoms with Gasteiger partial charge < -0.3 is 25.0 Å². The fourth-order valence-electron chi connectivity index (χ4n) is 3.21. The zero-order chi connectivity index (χ0) is 24.1. The van der Waals surface area contributed by atoms with Crippen molar-refractivity contribution in [2.75, 3.05) is 39.1 Å². The number of amides is 1. The van der Waals surface area contributed by atoms with Crippen molar-refractivity contribution in [1.29, 1.82) is 0 Å². The van der Waals surface area contributed by atoms with Crippen molar-refractivity contribution in [3.63, 3.8) is 0 Å². The van der Waals surface area contributed by atoms with E-state index in [1.165, 1.54) is 11.5 Å². The van der Waals surface area contributed by atoms with Crippen LogP contribution < -0.4 is 15.4 Å². The fraction of sp³-hybridized carbons (Fsp3) is 0.364. The van der Waals surface area contributed by atoms with Crippen molar-refractivity contribution >= 4 is 55.9 Å². The third kappa shape index (κ3) is 6.42. The summed E-state index contributed by atoms with van der Waals surface area (Å²) in [7, 11) is 3.90. The molecule has 1 saturated heterocycles. The Bertz CT molecular complexity index is 1160. The Morgan fingerprint density at radius 1 is 1.35 bits per heavy atom. The molecular weight excluding hydrogens is 544 g/mol. The topological polar surface area (TPSA) is 102 Å². The van der Waals surface area contributed by atoms with Crippen LogP contribution in [0.15, 0.2) is 34.9 Å². The van der Waals surface area contributed by atoms with Gasteiger partial charge in [-0.25, -0.2) is 9.97 Å². The second-order valence-corrected chi connectivity index (χ2v) is 9.90. The van der Waals surface area contributed by atoms with E-state index >= 15 is 0 Å². The SMILES string of the molecule is CN(C)CCNC(=O)c1ccc(Cl)c(Oc2cc(Nc3nc(C4CCCO4)ns3)ncc2Br)c1. The molecule has 0 bridgehead atoms. The van der Waals surface area contributed by atoms with Gasteiger partial charge in [0.25, 0.3) is 5.91 Å². The number of ether oxygens (including phenoxy) is 2. The molecule has 0 aliphatic carbocycles. The maximum atomic E-state index is 12.5. The number of aromatic nitrogens is 3. The predicted molar refractivity (Wildman–Crippen MR) is 135 cm³/mol.